The molecule has 1 amide bonds. The highest BCUT2D eigenvalue weighted by Crippen LogP contribution is 2.33. The SMILES string of the molecule is CC(C)[C@@](C)(C#N)NC(=O)[C@@H](C)Sc1cc(Cl)ccc1Cl. The molecule has 0 unspecified atom stereocenters. The second-order valence-electron chi connectivity index (χ2n) is 5.29. The maximum atomic E-state index is 12.3. The molecule has 114 valence electrons. The number of nitrogens with one attached hydrogen (secondary N) is 1. The smallest absolute Gasteiger partial charge is 0.234 e. The molecular weight excluding hydrogens is 327 g/mol. The zero-order chi connectivity index (χ0) is 16.2. The molecule has 0 aliphatic rings. The van der Waals surface area contributed by atoms with Gasteiger partial charge in [-0.1, -0.05) is 37.0 Å². The topological polar surface area (TPSA) is 52.9 Å². The van der Waals surface area contributed by atoms with Crippen LogP contribution in [0, 0.1) is 17.2 Å². The average Bonchev–Trinajstić information content (AvgIpc) is 2.42. The van der Waals surface area contributed by atoms with Gasteiger partial charge in [-0.3, -0.25) is 4.79 Å². The molecule has 2 atom stereocenters. The number of carbonyl (C=O) groups excluding carboxylic acids is 1. The quantitative estimate of drug-likeness (QED) is 0.798. The number of halogens is 2. The molecule has 1 rings (SSSR count). The van der Waals surface area contributed by atoms with Crippen molar-refractivity contribution in [3.63, 3.8) is 0 Å². The Morgan fingerprint density at radius 2 is 2.00 bits per heavy atom. The van der Waals surface area contributed by atoms with Gasteiger partial charge in [0, 0.05) is 9.92 Å². The van der Waals surface area contributed by atoms with Crippen LogP contribution < -0.4 is 5.32 Å². The Balaban J connectivity index is 2.80. The number of thioether (sulfide) groups is 1. The molecule has 1 aromatic carbocycles. The van der Waals surface area contributed by atoms with Gasteiger partial charge in [0.1, 0.15) is 5.54 Å². The van der Waals surface area contributed by atoms with E-state index < -0.39 is 5.54 Å². The predicted octanol–water partition coefficient (Wildman–Crippen LogP) is 4.53. The normalized spacial score (nSPS) is 15.1. The Kier molecular flexibility index (Phi) is 6.40. The molecule has 0 saturated carbocycles. The fourth-order valence-corrected chi connectivity index (χ4v) is 2.88. The van der Waals surface area contributed by atoms with Gasteiger partial charge in [-0.15, -0.1) is 11.8 Å². The van der Waals surface area contributed by atoms with Crippen LogP contribution >= 0.6 is 35.0 Å². The van der Waals surface area contributed by atoms with Gasteiger partial charge < -0.3 is 5.32 Å². The van der Waals surface area contributed by atoms with Crippen LogP contribution in [0.15, 0.2) is 23.1 Å². The number of amides is 1. The maximum Gasteiger partial charge on any atom is 0.234 e. The third-order valence-electron chi connectivity index (χ3n) is 3.34. The Bertz CT molecular complexity index is 571. The molecule has 0 aliphatic heterocycles. The Labute approximate surface area is 140 Å². The molecule has 0 radical (unpaired) electrons. The number of nitrogens with zero attached hydrogens (tertiary/aromatic N) is 1. The summed E-state index contributed by atoms with van der Waals surface area (Å²) in [6, 6.07) is 7.28. The van der Waals surface area contributed by atoms with Gasteiger partial charge in [0.2, 0.25) is 5.91 Å². The van der Waals surface area contributed by atoms with Crippen molar-refractivity contribution in [2.45, 2.75) is 43.4 Å². The van der Waals surface area contributed by atoms with Crippen LogP contribution in [0.4, 0.5) is 0 Å². The Morgan fingerprint density at radius 3 is 2.52 bits per heavy atom. The van der Waals surface area contributed by atoms with Crippen LogP contribution in [0.25, 0.3) is 0 Å². The van der Waals surface area contributed by atoms with Crippen molar-refractivity contribution in [3.05, 3.63) is 28.2 Å². The van der Waals surface area contributed by atoms with Gasteiger partial charge in [-0.2, -0.15) is 5.26 Å². The molecular formula is C15H18Cl2N2OS. The maximum absolute atomic E-state index is 12.3. The van der Waals surface area contributed by atoms with E-state index in [2.05, 4.69) is 11.4 Å². The van der Waals surface area contributed by atoms with Gasteiger partial charge in [0.25, 0.3) is 0 Å². The Morgan fingerprint density at radius 1 is 1.38 bits per heavy atom. The van der Waals surface area contributed by atoms with Crippen molar-refractivity contribution in [2.75, 3.05) is 0 Å². The van der Waals surface area contributed by atoms with E-state index in [-0.39, 0.29) is 17.1 Å². The lowest BCUT2D eigenvalue weighted by atomic mass is 9.90. The average molecular weight is 345 g/mol. The van der Waals surface area contributed by atoms with Gasteiger partial charge in [0.15, 0.2) is 0 Å². The fourth-order valence-electron chi connectivity index (χ4n) is 1.47. The molecule has 0 bridgehead atoms. The van der Waals surface area contributed by atoms with Crippen LogP contribution in [-0.4, -0.2) is 16.7 Å². The summed E-state index contributed by atoms with van der Waals surface area (Å²) in [6.07, 6.45) is 0. The van der Waals surface area contributed by atoms with Crippen LogP contribution in [0.2, 0.25) is 10.0 Å². The number of rotatable bonds is 5. The fraction of sp³-hybridized carbons (Fsp3) is 0.467. The van der Waals surface area contributed by atoms with Crippen molar-refractivity contribution in [2.24, 2.45) is 5.92 Å². The van der Waals surface area contributed by atoms with Crippen LogP contribution in [0.1, 0.15) is 27.7 Å². The van der Waals surface area contributed by atoms with E-state index in [4.69, 9.17) is 23.2 Å². The molecule has 1 N–H and O–H groups in total. The van der Waals surface area contributed by atoms with Gasteiger partial charge in [-0.05, 0) is 38.0 Å². The minimum absolute atomic E-state index is 0.0124. The molecule has 0 spiro atoms. The summed E-state index contributed by atoms with van der Waals surface area (Å²) < 4.78 is 0. The third-order valence-corrected chi connectivity index (χ3v) is 5.17. The zero-order valence-corrected chi connectivity index (χ0v) is 14.7. The lowest BCUT2D eigenvalue weighted by Gasteiger charge is -2.28. The van der Waals surface area contributed by atoms with Gasteiger partial charge >= 0.3 is 0 Å². The molecule has 0 aromatic heterocycles. The van der Waals surface area contributed by atoms with Crippen LogP contribution in [0.5, 0.6) is 0 Å². The number of carbonyl (C=O) groups is 1. The second kappa shape index (κ2) is 7.40. The van der Waals surface area contributed by atoms with Crippen LogP contribution in [-0.2, 0) is 4.79 Å². The lowest BCUT2D eigenvalue weighted by Crippen LogP contribution is -2.51. The highest BCUT2D eigenvalue weighted by atomic mass is 35.5. The van der Waals surface area contributed by atoms with E-state index in [0.29, 0.717) is 10.0 Å². The molecule has 0 aliphatic carbocycles. The van der Waals surface area contributed by atoms with E-state index in [1.807, 2.05) is 13.8 Å². The molecule has 6 heteroatoms. The van der Waals surface area contributed by atoms with Crippen molar-refractivity contribution < 1.29 is 4.79 Å². The summed E-state index contributed by atoms with van der Waals surface area (Å²) in [6.45, 7) is 7.29. The van der Waals surface area contributed by atoms with Crippen molar-refractivity contribution in [3.8, 4) is 6.07 Å². The monoisotopic (exact) mass is 344 g/mol. The third kappa shape index (κ3) is 4.81. The van der Waals surface area contributed by atoms with E-state index in [1.165, 1.54) is 11.8 Å². The molecule has 0 saturated heterocycles. The highest BCUT2D eigenvalue weighted by Gasteiger charge is 2.31. The second-order valence-corrected chi connectivity index (χ2v) is 7.52. The van der Waals surface area contributed by atoms with E-state index in [1.54, 1.807) is 32.0 Å². The summed E-state index contributed by atoms with van der Waals surface area (Å²) in [5, 5.41) is 12.8. The zero-order valence-electron chi connectivity index (χ0n) is 12.4. The van der Waals surface area contributed by atoms with Crippen molar-refractivity contribution in [1.29, 1.82) is 5.26 Å². The summed E-state index contributed by atoms with van der Waals surface area (Å²) in [4.78, 5) is 13.0. The number of nitriles is 1. The number of benzene rings is 1. The molecule has 0 heterocycles. The molecule has 21 heavy (non-hydrogen) atoms. The standard InChI is InChI=1S/C15H18Cl2N2OS/c1-9(2)15(4,8-18)19-14(20)10(3)21-13-7-11(16)5-6-12(13)17/h5-7,9-10H,1-4H3,(H,19,20)/t10-,15-/m1/s1. The minimum Gasteiger partial charge on any atom is -0.337 e. The number of hydrogen-bond donors (Lipinski definition) is 1. The molecule has 3 nitrogen and oxygen atoms in total. The molecule has 0 fully saturated rings. The summed E-state index contributed by atoms with van der Waals surface area (Å²) in [7, 11) is 0. The first-order valence-corrected chi connectivity index (χ1v) is 8.18. The largest absolute Gasteiger partial charge is 0.337 e. The minimum atomic E-state index is -0.885. The van der Waals surface area contributed by atoms with Crippen molar-refractivity contribution >= 4 is 40.9 Å². The first-order valence-electron chi connectivity index (χ1n) is 6.54. The highest BCUT2D eigenvalue weighted by molar-refractivity contribution is 8.00. The summed E-state index contributed by atoms with van der Waals surface area (Å²) in [5.74, 6) is -0.188. The van der Waals surface area contributed by atoms with E-state index in [9.17, 15) is 10.1 Å². The summed E-state index contributed by atoms with van der Waals surface area (Å²) in [5.41, 5.74) is -0.885. The summed E-state index contributed by atoms with van der Waals surface area (Å²) >= 11 is 13.3. The predicted molar refractivity (Wildman–Crippen MR) is 88.8 cm³/mol. The van der Waals surface area contributed by atoms with Crippen molar-refractivity contribution in [1.82, 2.24) is 5.32 Å². The van der Waals surface area contributed by atoms with Gasteiger partial charge in [-0.25, -0.2) is 0 Å². The van der Waals surface area contributed by atoms with Gasteiger partial charge in [0.05, 0.1) is 16.3 Å². The van der Waals surface area contributed by atoms with E-state index >= 15 is 0 Å². The number of hydrogen-bond acceptors (Lipinski definition) is 3. The Hall–Kier alpha value is -0.890. The lowest BCUT2D eigenvalue weighted by molar-refractivity contribution is -0.121. The first-order chi connectivity index (χ1) is 9.69. The first kappa shape index (κ1) is 18.2. The van der Waals surface area contributed by atoms with Crippen LogP contribution in [0.3, 0.4) is 0 Å². The molecule has 1 aromatic rings. The van der Waals surface area contributed by atoms with E-state index in [0.717, 1.165) is 4.90 Å².